The number of hydrogen-bond donors (Lipinski definition) is 2. The van der Waals surface area contributed by atoms with Crippen LogP contribution in [0, 0.1) is 11.2 Å². The normalized spacial score (nSPS) is 19.3. The third-order valence-electron chi connectivity index (χ3n) is 9.55. The van der Waals surface area contributed by atoms with Crippen molar-refractivity contribution in [1.29, 1.82) is 0 Å². The van der Waals surface area contributed by atoms with Gasteiger partial charge in [0.2, 0.25) is 5.88 Å². The van der Waals surface area contributed by atoms with Crippen LogP contribution in [0.2, 0.25) is 23.2 Å². The maximum absolute atomic E-state index is 14.5. The van der Waals surface area contributed by atoms with Crippen LogP contribution in [-0.4, -0.2) is 49.3 Å². The molecule has 2 aliphatic rings. The molecule has 0 radical (unpaired) electrons. The zero-order valence-corrected chi connectivity index (χ0v) is 32.2. The van der Waals surface area contributed by atoms with E-state index in [0.29, 0.717) is 29.4 Å². The molecular formula is C37H57ClFN3O4Si. The van der Waals surface area contributed by atoms with Crippen LogP contribution in [-0.2, 0) is 22.0 Å². The molecule has 1 fully saturated rings. The van der Waals surface area contributed by atoms with Gasteiger partial charge in [0.1, 0.15) is 17.0 Å². The van der Waals surface area contributed by atoms with E-state index in [2.05, 4.69) is 71.3 Å². The number of aromatic nitrogens is 1. The maximum atomic E-state index is 14.5. The Morgan fingerprint density at radius 1 is 1.09 bits per heavy atom. The quantitative estimate of drug-likeness (QED) is 0.242. The number of carbonyl (C=O) groups is 1. The highest BCUT2D eigenvalue weighted by Gasteiger charge is 2.47. The lowest BCUT2D eigenvalue weighted by Gasteiger charge is -2.48. The van der Waals surface area contributed by atoms with E-state index in [0.717, 1.165) is 37.7 Å². The molecule has 1 aliphatic heterocycles. The summed E-state index contributed by atoms with van der Waals surface area (Å²) in [6, 6.07) is 6.18. The van der Waals surface area contributed by atoms with E-state index in [1.807, 2.05) is 27.0 Å². The highest BCUT2D eigenvalue weighted by Crippen LogP contribution is 2.48. The van der Waals surface area contributed by atoms with Crippen molar-refractivity contribution in [2.75, 3.05) is 6.54 Å². The van der Waals surface area contributed by atoms with Crippen LogP contribution in [0.3, 0.4) is 0 Å². The minimum atomic E-state index is -2.36. The van der Waals surface area contributed by atoms with E-state index in [-0.39, 0.29) is 22.1 Å². The molecule has 1 aromatic carbocycles. The monoisotopic (exact) mass is 689 g/mol. The van der Waals surface area contributed by atoms with E-state index >= 15 is 0 Å². The van der Waals surface area contributed by atoms with Crippen LogP contribution < -0.4 is 15.4 Å². The topological polar surface area (TPSA) is 81.7 Å². The Morgan fingerprint density at radius 2 is 1.77 bits per heavy atom. The van der Waals surface area contributed by atoms with Crippen molar-refractivity contribution in [3.8, 4) is 5.88 Å². The summed E-state index contributed by atoms with van der Waals surface area (Å²) < 4.78 is 33.9. The van der Waals surface area contributed by atoms with Crippen molar-refractivity contribution < 1.29 is 23.1 Å². The Morgan fingerprint density at radius 3 is 2.32 bits per heavy atom. The summed E-state index contributed by atoms with van der Waals surface area (Å²) in [5.74, 6) is 0.275. The number of rotatable bonds is 10. The Balaban J connectivity index is 1.70. The molecule has 2 heterocycles. The molecule has 0 unspecified atom stereocenters. The SMILES string of the molecule is CC(C)(C)Cc1cnc2c(c1)[C@@H](NC[C@@H](O[Si](C)(C)C(C)(C)C)[C@H](Cc1cc(F)cc(Cl)c1)NC(=O)OC(C)(C)C)CC1(CCC1)O2. The Hall–Kier alpha value is -2.20. The van der Waals surface area contributed by atoms with E-state index in [4.69, 9.17) is 30.5 Å². The second-order valence-electron chi connectivity index (χ2n) is 17.4. The number of amides is 1. The minimum absolute atomic E-state index is 0.0113. The molecule has 7 nitrogen and oxygen atoms in total. The standard InChI is InChI=1S/C37H57ClFN3O4Si/c1-34(2,3)20-25-17-28-30(21-37(13-12-14-37)44-32(28)41-22-25)40-23-31(46-47(10,11)36(7,8)9)29(42-33(43)45-35(4,5)6)18-24-15-26(38)19-27(39)16-24/h15-17,19,22,29-31,40H,12-14,18,20-21,23H2,1-11H3,(H,42,43)/t29-,30-,31+/m0/s1. The first-order chi connectivity index (χ1) is 21.5. The minimum Gasteiger partial charge on any atom is -0.471 e. The van der Waals surface area contributed by atoms with Crippen LogP contribution in [0.1, 0.15) is 111 Å². The predicted octanol–water partition coefficient (Wildman–Crippen LogP) is 9.33. The molecule has 2 aromatic rings. The molecule has 0 saturated heterocycles. The Bertz CT molecular complexity index is 1390. The Labute approximate surface area is 288 Å². The van der Waals surface area contributed by atoms with E-state index < -0.39 is 38.0 Å². The van der Waals surface area contributed by atoms with Crippen LogP contribution in [0.15, 0.2) is 30.5 Å². The summed E-state index contributed by atoms with van der Waals surface area (Å²) in [4.78, 5) is 18.1. The van der Waals surface area contributed by atoms with Gasteiger partial charge in [-0.2, -0.15) is 0 Å². The van der Waals surface area contributed by atoms with Gasteiger partial charge in [-0.3, -0.25) is 0 Å². The zero-order valence-electron chi connectivity index (χ0n) is 30.4. The second kappa shape index (κ2) is 14.0. The van der Waals surface area contributed by atoms with Crippen LogP contribution in [0.4, 0.5) is 9.18 Å². The molecule has 3 atom stereocenters. The van der Waals surface area contributed by atoms with E-state index in [1.165, 1.54) is 17.7 Å². The van der Waals surface area contributed by atoms with Crippen molar-refractivity contribution in [2.24, 2.45) is 5.41 Å². The van der Waals surface area contributed by atoms with Gasteiger partial charge in [0.25, 0.3) is 0 Å². The number of nitrogens with one attached hydrogen (secondary N) is 2. The summed E-state index contributed by atoms with van der Waals surface area (Å²) in [6.07, 6.45) is 6.13. The van der Waals surface area contributed by atoms with Gasteiger partial charge in [0.05, 0.1) is 12.1 Å². The van der Waals surface area contributed by atoms with Gasteiger partial charge in [-0.25, -0.2) is 14.2 Å². The number of alkyl carbamates (subject to hydrolysis) is 1. The highest BCUT2D eigenvalue weighted by atomic mass is 35.5. The summed E-state index contributed by atoms with van der Waals surface area (Å²) in [5.41, 5.74) is 2.12. The first kappa shape index (κ1) is 37.6. The van der Waals surface area contributed by atoms with Gasteiger partial charge in [-0.05, 0) is 112 Å². The molecule has 1 amide bonds. The lowest BCUT2D eigenvalue weighted by molar-refractivity contribution is -0.0419. The number of hydrogen-bond acceptors (Lipinski definition) is 6. The summed E-state index contributed by atoms with van der Waals surface area (Å²) in [6.45, 7) is 23.6. The third kappa shape index (κ3) is 10.4. The summed E-state index contributed by atoms with van der Waals surface area (Å²) >= 11 is 6.28. The van der Waals surface area contributed by atoms with Gasteiger partial charge in [-0.15, -0.1) is 0 Å². The zero-order chi connectivity index (χ0) is 35.0. The smallest absolute Gasteiger partial charge is 0.407 e. The summed E-state index contributed by atoms with van der Waals surface area (Å²) in [5, 5.41) is 7.19. The molecule has 1 aromatic heterocycles. The lowest BCUT2D eigenvalue weighted by atomic mass is 9.73. The van der Waals surface area contributed by atoms with Crippen molar-refractivity contribution in [3.05, 3.63) is 58.0 Å². The average molecular weight is 690 g/mol. The van der Waals surface area contributed by atoms with Crippen molar-refractivity contribution >= 4 is 26.0 Å². The van der Waals surface area contributed by atoms with Crippen LogP contribution in [0.25, 0.3) is 0 Å². The molecule has 2 N–H and O–H groups in total. The molecule has 0 bridgehead atoms. The number of fused-ring (bicyclic) bond motifs is 1. The van der Waals surface area contributed by atoms with Crippen LogP contribution >= 0.6 is 11.6 Å². The number of halogens is 2. The molecular weight excluding hydrogens is 633 g/mol. The van der Waals surface area contributed by atoms with Crippen LogP contribution in [0.5, 0.6) is 5.88 Å². The fourth-order valence-electron chi connectivity index (χ4n) is 6.14. The van der Waals surface area contributed by atoms with E-state index in [1.54, 1.807) is 6.07 Å². The largest absolute Gasteiger partial charge is 0.471 e. The summed E-state index contributed by atoms with van der Waals surface area (Å²) in [7, 11) is -2.36. The first-order valence-corrected chi connectivity index (χ1v) is 20.4. The van der Waals surface area contributed by atoms with E-state index in [9.17, 15) is 9.18 Å². The molecule has 47 heavy (non-hydrogen) atoms. The average Bonchev–Trinajstić information content (AvgIpc) is 2.86. The van der Waals surface area contributed by atoms with Gasteiger partial charge in [-0.1, -0.05) is 53.1 Å². The molecule has 10 heteroatoms. The number of pyridine rings is 1. The maximum Gasteiger partial charge on any atom is 0.407 e. The van der Waals surface area contributed by atoms with Gasteiger partial charge >= 0.3 is 6.09 Å². The molecule has 1 aliphatic carbocycles. The molecule has 1 saturated carbocycles. The second-order valence-corrected chi connectivity index (χ2v) is 22.6. The van der Waals surface area contributed by atoms with Crippen molar-refractivity contribution in [2.45, 2.75) is 148 Å². The fraction of sp³-hybridized carbons (Fsp3) is 0.676. The van der Waals surface area contributed by atoms with Gasteiger partial charge in [0.15, 0.2) is 8.32 Å². The number of carbonyl (C=O) groups excluding carboxylic acids is 1. The van der Waals surface area contributed by atoms with Gasteiger partial charge < -0.3 is 24.5 Å². The van der Waals surface area contributed by atoms with Gasteiger partial charge in [0, 0.05) is 35.8 Å². The predicted molar refractivity (Wildman–Crippen MR) is 190 cm³/mol. The molecule has 4 rings (SSSR count). The first-order valence-electron chi connectivity index (χ1n) is 17.1. The third-order valence-corrected chi connectivity index (χ3v) is 14.3. The highest BCUT2D eigenvalue weighted by molar-refractivity contribution is 6.74. The van der Waals surface area contributed by atoms with Crippen molar-refractivity contribution in [3.63, 3.8) is 0 Å². The molecule has 1 spiro atoms. The number of nitrogens with zero attached hydrogens (tertiary/aromatic N) is 1. The van der Waals surface area contributed by atoms with Crippen molar-refractivity contribution in [1.82, 2.24) is 15.6 Å². The number of ether oxygens (including phenoxy) is 2. The fourth-order valence-corrected chi connectivity index (χ4v) is 7.75. The number of benzene rings is 1. The Kier molecular flexibility index (Phi) is 11.2. The lowest BCUT2D eigenvalue weighted by Crippen LogP contribution is -2.57. The molecule has 262 valence electrons.